The van der Waals surface area contributed by atoms with Gasteiger partial charge < -0.3 is 9.80 Å². The Morgan fingerprint density at radius 2 is 2.13 bits per heavy atom. The van der Waals surface area contributed by atoms with Crippen molar-refractivity contribution in [1.82, 2.24) is 9.80 Å². The van der Waals surface area contributed by atoms with E-state index in [1.54, 1.807) is 0 Å². The normalized spacial score (nSPS) is 39.8. The molecule has 2 aliphatic heterocycles. The number of nitrogens with zero attached hydrogens (tertiary/aromatic N) is 2. The SMILES string of the molecule is CC1CC(Cl)CN(CC2CCCN2C)C1. The predicted molar refractivity (Wildman–Crippen MR) is 65.5 cm³/mol. The Hall–Kier alpha value is 0.210. The van der Waals surface area contributed by atoms with Crippen LogP contribution >= 0.6 is 11.6 Å². The summed E-state index contributed by atoms with van der Waals surface area (Å²) >= 11 is 6.27. The highest BCUT2D eigenvalue weighted by Gasteiger charge is 2.28. The van der Waals surface area contributed by atoms with Crippen molar-refractivity contribution in [2.24, 2.45) is 5.92 Å². The first kappa shape index (κ1) is 11.7. The molecule has 3 unspecified atom stereocenters. The summed E-state index contributed by atoms with van der Waals surface area (Å²) in [4.78, 5) is 5.07. The molecule has 0 bridgehead atoms. The van der Waals surface area contributed by atoms with Crippen molar-refractivity contribution < 1.29 is 0 Å². The lowest BCUT2D eigenvalue weighted by molar-refractivity contribution is 0.144. The molecule has 2 heterocycles. The summed E-state index contributed by atoms with van der Waals surface area (Å²) in [6.07, 6.45) is 3.93. The summed E-state index contributed by atoms with van der Waals surface area (Å²) in [5, 5.41) is 0.375. The van der Waals surface area contributed by atoms with Gasteiger partial charge in [-0.05, 0) is 38.8 Å². The van der Waals surface area contributed by atoms with Gasteiger partial charge in [0, 0.05) is 31.1 Å². The van der Waals surface area contributed by atoms with Crippen LogP contribution in [-0.4, -0.2) is 54.4 Å². The fourth-order valence-electron chi connectivity index (χ4n) is 3.04. The van der Waals surface area contributed by atoms with Crippen LogP contribution in [0.1, 0.15) is 26.2 Å². The first-order valence-corrected chi connectivity index (χ1v) is 6.65. The molecule has 2 nitrogen and oxygen atoms in total. The number of hydrogen-bond donors (Lipinski definition) is 0. The minimum Gasteiger partial charge on any atom is -0.302 e. The third-order valence-corrected chi connectivity index (χ3v) is 4.14. The number of rotatable bonds is 2. The van der Waals surface area contributed by atoms with E-state index in [0.717, 1.165) is 18.5 Å². The number of piperidine rings is 1. The Kier molecular flexibility index (Phi) is 3.92. The molecule has 2 fully saturated rings. The quantitative estimate of drug-likeness (QED) is 0.670. The van der Waals surface area contributed by atoms with Crippen molar-refractivity contribution in [3.8, 4) is 0 Å². The lowest BCUT2D eigenvalue weighted by Crippen LogP contribution is -2.46. The summed E-state index contributed by atoms with van der Waals surface area (Å²) in [5.41, 5.74) is 0. The molecule has 0 radical (unpaired) electrons. The molecular weight excluding hydrogens is 208 g/mol. The van der Waals surface area contributed by atoms with Crippen LogP contribution in [0, 0.1) is 5.92 Å². The molecule has 3 heteroatoms. The molecule has 0 aromatic rings. The van der Waals surface area contributed by atoms with Crippen molar-refractivity contribution >= 4 is 11.6 Å². The van der Waals surface area contributed by atoms with E-state index in [1.807, 2.05) is 0 Å². The molecule has 0 N–H and O–H groups in total. The highest BCUT2D eigenvalue weighted by molar-refractivity contribution is 6.20. The zero-order chi connectivity index (χ0) is 10.8. The van der Waals surface area contributed by atoms with Crippen molar-refractivity contribution in [2.75, 3.05) is 33.2 Å². The number of hydrogen-bond acceptors (Lipinski definition) is 2. The fraction of sp³-hybridized carbons (Fsp3) is 1.00. The largest absolute Gasteiger partial charge is 0.302 e. The topological polar surface area (TPSA) is 6.48 Å². The fourth-order valence-corrected chi connectivity index (χ4v) is 3.54. The van der Waals surface area contributed by atoms with Crippen LogP contribution in [0.2, 0.25) is 0 Å². The van der Waals surface area contributed by atoms with Crippen molar-refractivity contribution in [2.45, 2.75) is 37.6 Å². The molecule has 0 aliphatic carbocycles. The van der Waals surface area contributed by atoms with E-state index in [2.05, 4.69) is 23.8 Å². The first-order valence-electron chi connectivity index (χ1n) is 6.22. The molecule has 15 heavy (non-hydrogen) atoms. The van der Waals surface area contributed by atoms with E-state index in [0.29, 0.717) is 5.38 Å². The monoisotopic (exact) mass is 230 g/mol. The van der Waals surface area contributed by atoms with E-state index >= 15 is 0 Å². The molecule has 2 aliphatic rings. The van der Waals surface area contributed by atoms with Crippen LogP contribution in [0.25, 0.3) is 0 Å². The second-order valence-corrected chi connectivity index (χ2v) is 6.05. The van der Waals surface area contributed by atoms with Gasteiger partial charge >= 0.3 is 0 Å². The second-order valence-electron chi connectivity index (χ2n) is 5.43. The molecule has 2 saturated heterocycles. The van der Waals surface area contributed by atoms with Gasteiger partial charge in [0.15, 0.2) is 0 Å². The van der Waals surface area contributed by atoms with E-state index in [-0.39, 0.29) is 0 Å². The lowest BCUT2D eigenvalue weighted by atomic mass is 9.99. The number of likely N-dealkylation sites (N-methyl/N-ethyl adjacent to an activating group) is 1. The second kappa shape index (κ2) is 5.03. The van der Waals surface area contributed by atoms with Crippen molar-refractivity contribution in [1.29, 1.82) is 0 Å². The van der Waals surface area contributed by atoms with Crippen LogP contribution in [0.3, 0.4) is 0 Å². The van der Waals surface area contributed by atoms with Gasteiger partial charge in [0.1, 0.15) is 0 Å². The maximum Gasteiger partial charge on any atom is 0.0466 e. The van der Waals surface area contributed by atoms with E-state index < -0.39 is 0 Å². The van der Waals surface area contributed by atoms with E-state index in [1.165, 1.54) is 38.9 Å². The van der Waals surface area contributed by atoms with Gasteiger partial charge in [0.2, 0.25) is 0 Å². The highest BCUT2D eigenvalue weighted by atomic mass is 35.5. The molecule has 0 aromatic carbocycles. The molecule has 0 aromatic heterocycles. The Balaban J connectivity index is 1.83. The standard InChI is InChI=1S/C12H23ClN2/c1-10-6-11(13)8-15(7-10)9-12-4-3-5-14(12)2/h10-12H,3-9H2,1-2H3. The maximum absolute atomic E-state index is 6.27. The zero-order valence-electron chi connectivity index (χ0n) is 9.95. The van der Waals surface area contributed by atoms with Gasteiger partial charge in [-0.15, -0.1) is 11.6 Å². The molecule has 0 saturated carbocycles. The predicted octanol–water partition coefficient (Wildman–Crippen LogP) is 2.03. The van der Waals surface area contributed by atoms with E-state index in [4.69, 9.17) is 11.6 Å². The Morgan fingerprint density at radius 3 is 2.73 bits per heavy atom. The van der Waals surface area contributed by atoms with Gasteiger partial charge in [-0.25, -0.2) is 0 Å². The van der Waals surface area contributed by atoms with Crippen LogP contribution in [-0.2, 0) is 0 Å². The molecular formula is C12H23ClN2. The maximum atomic E-state index is 6.27. The number of halogens is 1. The molecule has 88 valence electrons. The summed E-state index contributed by atoms with van der Waals surface area (Å²) in [7, 11) is 2.25. The van der Waals surface area contributed by atoms with Gasteiger partial charge in [-0.2, -0.15) is 0 Å². The van der Waals surface area contributed by atoms with Crippen molar-refractivity contribution in [3.63, 3.8) is 0 Å². The van der Waals surface area contributed by atoms with Crippen molar-refractivity contribution in [3.05, 3.63) is 0 Å². The average molecular weight is 231 g/mol. The average Bonchev–Trinajstić information content (AvgIpc) is 2.50. The van der Waals surface area contributed by atoms with Crippen LogP contribution in [0.15, 0.2) is 0 Å². The Bertz CT molecular complexity index is 200. The Morgan fingerprint density at radius 1 is 1.33 bits per heavy atom. The third-order valence-electron chi connectivity index (χ3n) is 3.82. The van der Waals surface area contributed by atoms with Gasteiger partial charge in [-0.1, -0.05) is 6.92 Å². The lowest BCUT2D eigenvalue weighted by Gasteiger charge is -2.36. The summed E-state index contributed by atoms with van der Waals surface area (Å²) in [6.45, 7) is 7.16. The molecule has 2 rings (SSSR count). The van der Waals surface area contributed by atoms with Gasteiger partial charge in [0.05, 0.1) is 0 Å². The number of likely N-dealkylation sites (tertiary alicyclic amines) is 2. The summed E-state index contributed by atoms with van der Waals surface area (Å²) in [6, 6.07) is 0.777. The first-order chi connectivity index (χ1) is 7.15. The number of alkyl halides is 1. The molecule has 3 atom stereocenters. The molecule has 0 amide bonds. The van der Waals surface area contributed by atoms with Crippen LogP contribution < -0.4 is 0 Å². The van der Waals surface area contributed by atoms with E-state index in [9.17, 15) is 0 Å². The Labute approximate surface area is 98.6 Å². The van der Waals surface area contributed by atoms with Gasteiger partial charge in [0.25, 0.3) is 0 Å². The molecule has 0 spiro atoms. The van der Waals surface area contributed by atoms with Crippen LogP contribution in [0.5, 0.6) is 0 Å². The third kappa shape index (κ3) is 3.08. The summed E-state index contributed by atoms with van der Waals surface area (Å²) in [5.74, 6) is 0.771. The highest BCUT2D eigenvalue weighted by Crippen LogP contribution is 2.23. The minimum absolute atomic E-state index is 0.375. The smallest absolute Gasteiger partial charge is 0.0466 e. The zero-order valence-corrected chi connectivity index (χ0v) is 10.7. The minimum atomic E-state index is 0.375. The summed E-state index contributed by atoms with van der Waals surface area (Å²) < 4.78 is 0. The van der Waals surface area contributed by atoms with Crippen LogP contribution in [0.4, 0.5) is 0 Å². The van der Waals surface area contributed by atoms with Gasteiger partial charge in [-0.3, -0.25) is 0 Å².